The third-order valence-electron chi connectivity index (χ3n) is 18.0. The molecule has 0 radical (unpaired) electrons. The lowest BCUT2D eigenvalue weighted by Gasteiger charge is -2.21. The van der Waals surface area contributed by atoms with E-state index in [1.807, 2.05) is 0 Å². The number of phosphoric ester groups is 2. The lowest BCUT2D eigenvalue weighted by Crippen LogP contribution is -2.30. The molecule has 0 fully saturated rings. The standard InChI is InChI=1S/C91H156O16P2/c1-4-7-10-13-16-19-22-25-28-30-32-34-36-38-40-42-44-46-48-50-52-54-57-59-62-65-68-71-74-77-89(94)101-80-86(92)81-103-108(97,98)104-82-87(93)83-105-109(99,100)106-85-88(107-91(96)79-76-73-70-67-64-61-56-27-24-21-18-15-12-9-6-3)84-102-90(95)78-75-72-69-66-63-60-58-55-53-51-49-47-45-43-41-39-37-35-33-31-29-26-23-20-17-14-11-8-5-2/h7-8,10-11,16-21,25-29,32-35,38-41,56,86-88,92-93H,4-6,9,12-15,22-24,30-31,36-37,42-55,57-85H2,1-3H3,(H,97,98)(H,99,100)/b10-7-,11-8-,19-16-,20-17-,21-18-,28-25-,29-26-,34-32-,35-33-,40-38-,41-39-,56-27-. The van der Waals surface area contributed by atoms with Gasteiger partial charge in [0, 0.05) is 19.3 Å². The molecule has 0 aromatic heterocycles. The molecule has 0 aliphatic rings. The van der Waals surface area contributed by atoms with Crippen LogP contribution in [-0.2, 0) is 55.8 Å². The van der Waals surface area contributed by atoms with Gasteiger partial charge in [-0.15, -0.1) is 0 Å². The third kappa shape index (κ3) is 84.2. The number of phosphoric acid groups is 2. The summed E-state index contributed by atoms with van der Waals surface area (Å²) in [5.41, 5.74) is 0. The van der Waals surface area contributed by atoms with Gasteiger partial charge in [0.05, 0.1) is 26.4 Å². The highest BCUT2D eigenvalue weighted by Gasteiger charge is 2.29. The molecule has 0 rings (SSSR count). The fourth-order valence-electron chi connectivity index (χ4n) is 11.5. The summed E-state index contributed by atoms with van der Waals surface area (Å²) >= 11 is 0. The predicted octanol–water partition coefficient (Wildman–Crippen LogP) is 26.0. The number of aliphatic hydroxyl groups is 2. The van der Waals surface area contributed by atoms with Gasteiger partial charge in [-0.25, -0.2) is 9.13 Å². The second-order valence-electron chi connectivity index (χ2n) is 28.6. The van der Waals surface area contributed by atoms with Crippen LogP contribution in [0, 0.1) is 0 Å². The molecule has 0 saturated carbocycles. The molecule has 109 heavy (non-hydrogen) atoms. The van der Waals surface area contributed by atoms with Crippen LogP contribution in [0.5, 0.6) is 0 Å². The molecule has 0 spiro atoms. The monoisotopic (exact) mass is 1570 g/mol. The number of hydrogen-bond donors (Lipinski definition) is 4. The molecule has 16 nitrogen and oxygen atoms in total. The zero-order valence-corrected chi connectivity index (χ0v) is 70.5. The average Bonchev–Trinajstić information content (AvgIpc) is 0.903. The van der Waals surface area contributed by atoms with Crippen molar-refractivity contribution >= 4 is 33.6 Å². The van der Waals surface area contributed by atoms with Gasteiger partial charge in [0.1, 0.15) is 25.4 Å². The summed E-state index contributed by atoms with van der Waals surface area (Å²) in [5, 5.41) is 20.7. The Morgan fingerprint density at radius 1 is 0.266 bits per heavy atom. The van der Waals surface area contributed by atoms with E-state index in [9.17, 15) is 43.5 Å². The van der Waals surface area contributed by atoms with Crippen LogP contribution >= 0.6 is 15.6 Å². The van der Waals surface area contributed by atoms with Gasteiger partial charge < -0.3 is 34.2 Å². The Balaban J connectivity index is 4.52. The van der Waals surface area contributed by atoms with Gasteiger partial charge >= 0.3 is 33.6 Å². The molecule has 0 aromatic carbocycles. The van der Waals surface area contributed by atoms with Crippen molar-refractivity contribution in [2.75, 3.05) is 39.6 Å². The maximum atomic E-state index is 13.0. The summed E-state index contributed by atoms with van der Waals surface area (Å²) in [5.74, 6) is -1.59. The highest BCUT2D eigenvalue weighted by molar-refractivity contribution is 7.47. The molecule has 0 aliphatic heterocycles. The Morgan fingerprint density at radius 2 is 0.486 bits per heavy atom. The second-order valence-corrected chi connectivity index (χ2v) is 31.5. The van der Waals surface area contributed by atoms with Gasteiger partial charge in [0.2, 0.25) is 0 Å². The molecule has 0 aromatic rings. The lowest BCUT2D eigenvalue weighted by atomic mass is 10.0. The topological polar surface area (TPSA) is 231 Å². The average molecular weight is 1570 g/mol. The molecule has 4 N–H and O–H groups in total. The maximum Gasteiger partial charge on any atom is 0.472 e. The van der Waals surface area contributed by atoms with Gasteiger partial charge in [-0.3, -0.25) is 32.5 Å². The molecule has 626 valence electrons. The lowest BCUT2D eigenvalue weighted by molar-refractivity contribution is -0.161. The summed E-state index contributed by atoms with van der Waals surface area (Å²) in [6.07, 6.45) is 103. The van der Waals surface area contributed by atoms with Crippen molar-refractivity contribution in [3.8, 4) is 0 Å². The van der Waals surface area contributed by atoms with Crippen molar-refractivity contribution in [2.45, 2.75) is 373 Å². The zero-order valence-electron chi connectivity index (χ0n) is 68.7. The van der Waals surface area contributed by atoms with E-state index in [1.165, 1.54) is 128 Å². The molecule has 0 saturated heterocycles. The number of carbonyl (C=O) groups excluding carboxylic acids is 3. The highest BCUT2D eigenvalue weighted by Crippen LogP contribution is 2.45. The molecule has 5 atom stereocenters. The van der Waals surface area contributed by atoms with Crippen molar-refractivity contribution < 1.29 is 75.8 Å². The molecule has 0 bridgehead atoms. The minimum atomic E-state index is -4.94. The van der Waals surface area contributed by atoms with Crippen LogP contribution in [0.2, 0.25) is 0 Å². The third-order valence-corrected chi connectivity index (χ3v) is 19.9. The SMILES string of the molecule is CC/C=C\C/C=C\C/C=C\C/C=C\C/C=C\CCCCCCCCCCCCCCCC(=O)OCC(O)COP(=O)(O)OCC(O)COP(=O)(O)OCC(COC(=O)CCCCCCCCCCCCCCC/C=C\C/C=C\C/C=C\C/C=C\C/C=C\CC)OC(=O)CCCCCCC/C=C\C/C=C\CCCCC. The van der Waals surface area contributed by atoms with E-state index in [4.69, 9.17) is 32.3 Å². The molecule has 0 aliphatic carbocycles. The number of hydrogen-bond acceptors (Lipinski definition) is 14. The predicted molar refractivity (Wildman–Crippen MR) is 454 cm³/mol. The Hall–Kier alpha value is -4.57. The minimum Gasteiger partial charge on any atom is -0.463 e. The van der Waals surface area contributed by atoms with Crippen LogP contribution in [0.1, 0.15) is 355 Å². The summed E-state index contributed by atoms with van der Waals surface area (Å²) in [4.78, 5) is 58.8. The van der Waals surface area contributed by atoms with Gasteiger partial charge in [-0.1, -0.05) is 340 Å². The molecular formula is C91H156O16P2. The number of rotatable bonds is 81. The Labute approximate surface area is 664 Å². The normalized spacial score (nSPS) is 14.6. The molecule has 0 amide bonds. The number of carbonyl (C=O) groups is 3. The van der Waals surface area contributed by atoms with Gasteiger partial charge in [-0.2, -0.15) is 0 Å². The van der Waals surface area contributed by atoms with Crippen LogP contribution < -0.4 is 0 Å². The van der Waals surface area contributed by atoms with E-state index in [0.717, 1.165) is 167 Å². The van der Waals surface area contributed by atoms with Crippen molar-refractivity contribution in [1.82, 2.24) is 0 Å². The van der Waals surface area contributed by atoms with E-state index < -0.39 is 91.5 Å². The number of unbranched alkanes of at least 4 members (excludes halogenated alkanes) is 34. The summed E-state index contributed by atoms with van der Waals surface area (Å²) in [6, 6.07) is 0. The number of aliphatic hydroxyl groups excluding tert-OH is 2. The maximum absolute atomic E-state index is 13.0. The number of allylic oxidation sites excluding steroid dienone is 24. The summed E-state index contributed by atoms with van der Waals surface area (Å²) in [6.45, 7) is 2.44. The molecule has 5 unspecified atom stereocenters. The van der Waals surface area contributed by atoms with Crippen molar-refractivity contribution in [3.63, 3.8) is 0 Å². The number of ether oxygens (including phenoxy) is 3. The quantitative estimate of drug-likeness (QED) is 0.0146. The fraction of sp³-hybridized carbons (Fsp3) is 0.703. The molecular weight excluding hydrogens is 1410 g/mol. The minimum absolute atomic E-state index is 0.0868. The first-order chi connectivity index (χ1) is 53.2. The van der Waals surface area contributed by atoms with E-state index in [-0.39, 0.29) is 19.3 Å². The first kappa shape index (κ1) is 104. The Bertz CT molecular complexity index is 2560. The van der Waals surface area contributed by atoms with Crippen LogP contribution in [0.15, 0.2) is 146 Å². The van der Waals surface area contributed by atoms with Gasteiger partial charge in [-0.05, 0) is 141 Å². The summed E-state index contributed by atoms with van der Waals surface area (Å²) in [7, 11) is -9.80. The molecule has 0 heterocycles. The highest BCUT2D eigenvalue weighted by atomic mass is 31.2. The van der Waals surface area contributed by atoms with E-state index in [0.29, 0.717) is 19.3 Å². The van der Waals surface area contributed by atoms with E-state index in [2.05, 4.69) is 167 Å². The smallest absolute Gasteiger partial charge is 0.463 e. The van der Waals surface area contributed by atoms with E-state index >= 15 is 0 Å². The van der Waals surface area contributed by atoms with Crippen LogP contribution in [0.25, 0.3) is 0 Å². The van der Waals surface area contributed by atoms with Crippen LogP contribution in [-0.4, -0.2) is 95.9 Å². The van der Waals surface area contributed by atoms with Gasteiger partial charge in [0.25, 0.3) is 0 Å². The summed E-state index contributed by atoms with van der Waals surface area (Å²) < 4.78 is 61.3. The Kier molecular flexibility index (Phi) is 79.4. The molecule has 18 heteroatoms. The number of esters is 3. The van der Waals surface area contributed by atoms with Crippen LogP contribution in [0.3, 0.4) is 0 Å². The fourth-order valence-corrected chi connectivity index (χ4v) is 13.1. The van der Waals surface area contributed by atoms with E-state index in [1.54, 1.807) is 0 Å². The Morgan fingerprint density at radius 3 is 0.771 bits per heavy atom. The second kappa shape index (κ2) is 82.9. The van der Waals surface area contributed by atoms with Crippen molar-refractivity contribution in [2.24, 2.45) is 0 Å². The van der Waals surface area contributed by atoms with Crippen molar-refractivity contribution in [1.29, 1.82) is 0 Å². The first-order valence-corrected chi connectivity index (χ1v) is 46.1. The van der Waals surface area contributed by atoms with Gasteiger partial charge in [0.15, 0.2) is 6.10 Å². The van der Waals surface area contributed by atoms with Crippen molar-refractivity contribution in [3.05, 3.63) is 146 Å². The van der Waals surface area contributed by atoms with Crippen LogP contribution in [0.4, 0.5) is 0 Å². The zero-order chi connectivity index (χ0) is 79.4. The largest absolute Gasteiger partial charge is 0.472 e. The first-order valence-electron chi connectivity index (χ1n) is 43.1.